The zero-order chi connectivity index (χ0) is 14.8. The molecular weight excluding hydrogens is 274 g/mol. The molecule has 0 N–H and O–H groups in total. The summed E-state index contributed by atoms with van der Waals surface area (Å²) in [5.74, 6) is 0.318. The molecule has 1 amide bonds. The highest BCUT2D eigenvalue weighted by atomic mass is 16.2. The number of β-lactam (4-membered cyclic amide) rings is 1. The van der Waals surface area contributed by atoms with Crippen LogP contribution in [0.1, 0.15) is 34.3 Å². The number of carbonyl (C=O) groups excluding carboxylic acids is 2. The van der Waals surface area contributed by atoms with Gasteiger partial charge in [0.2, 0.25) is 5.91 Å². The summed E-state index contributed by atoms with van der Waals surface area (Å²) in [7, 11) is 0. The third-order valence-electron chi connectivity index (χ3n) is 4.94. The predicted octanol–water partition coefficient (Wildman–Crippen LogP) is 3.24. The minimum absolute atomic E-state index is 0.108. The summed E-state index contributed by atoms with van der Waals surface area (Å²) in [5.41, 5.74) is 5.90. The first-order valence-corrected chi connectivity index (χ1v) is 7.53. The lowest BCUT2D eigenvalue weighted by molar-refractivity contribution is -0.140. The number of rotatable bonds is 1. The summed E-state index contributed by atoms with van der Waals surface area (Å²) < 4.78 is 0. The van der Waals surface area contributed by atoms with E-state index in [1.165, 1.54) is 5.57 Å². The largest absolute Gasteiger partial charge is 0.315 e. The number of benzene rings is 2. The summed E-state index contributed by atoms with van der Waals surface area (Å²) in [6, 6.07) is 14.1. The summed E-state index contributed by atoms with van der Waals surface area (Å²) in [6.45, 7) is 0. The molecule has 0 unspecified atom stereocenters. The fourth-order valence-corrected chi connectivity index (χ4v) is 3.74. The van der Waals surface area contributed by atoms with Gasteiger partial charge in [0.05, 0.1) is 0 Å². The Balaban J connectivity index is 1.62. The molecule has 2 aromatic rings. The number of ketones is 1. The molecule has 0 saturated carbocycles. The number of hydrogen-bond acceptors (Lipinski definition) is 2. The molecule has 22 heavy (non-hydrogen) atoms. The van der Waals surface area contributed by atoms with Crippen LogP contribution in [0.25, 0.3) is 16.7 Å². The number of amides is 1. The monoisotopic (exact) mass is 287 g/mol. The molecule has 1 saturated heterocycles. The van der Waals surface area contributed by atoms with E-state index in [0.717, 1.165) is 34.2 Å². The second-order valence-electron chi connectivity index (χ2n) is 6.15. The van der Waals surface area contributed by atoms with Crippen LogP contribution in [0.3, 0.4) is 0 Å². The van der Waals surface area contributed by atoms with Crippen LogP contribution in [-0.4, -0.2) is 22.6 Å². The van der Waals surface area contributed by atoms with Crippen molar-refractivity contribution < 1.29 is 9.59 Å². The molecule has 3 heteroatoms. The molecule has 0 bridgehead atoms. The average Bonchev–Trinajstić information content (AvgIpc) is 3.04. The van der Waals surface area contributed by atoms with Gasteiger partial charge in [-0.3, -0.25) is 9.59 Å². The SMILES string of the molecule is O=C1c2ccccc2-c2cc(C3=CN4C(=O)C[C@H]4C3)ccc21. The van der Waals surface area contributed by atoms with Crippen molar-refractivity contribution in [2.45, 2.75) is 18.9 Å². The number of fused-ring (bicyclic) bond motifs is 4. The molecule has 0 aromatic heterocycles. The van der Waals surface area contributed by atoms with E-state index in [-0.39, 0.29) is 11.7 Å². The summed E-state index contributed by atoms with van der Waals surface area (Å²) in [6.07, 6.45) is 3.55. The molecule has 1 fully saturated rings. The van der Waals surface area contributed by atoms with E-state index in [9.17, 15) is 9.59 Å². The Morgan fingerprint density at radius 1 is 0.864 bits per heavy atom. The van der Waals surface area contributed by atoms with Crippen molar-refractivity contribution in [2.24, 2.45) is 0 Å². The van der Waals surface area contributed by atoms with Crippen LogP contribution in [0.4, 0.5) is 0 Å². The highest BCUT2D eigenvalue weighted by molar-refractivity contribution is 6.21. The maximum absolute atomic E-state index is 12.4. The second kappa shape index (κ2) is 3.95. The van der Waals surface area contributed by atoms with E-state index in [0.29, 0.717) is 12.5 Å². The molecule has 5 rings (SSSR count). The smallest absolute Gasteiger partial charge is 0.228 e. The molecule has 0 spiro atoms. The lowest BCUT2D eigenvalue weighted by Gasteiger charge is -2.32. The van der Waals surface area contributed by atoms with E-state index in [1.807, 2.05) is 47.5 Å². The standard InChI is InChI=1S/C19H13NO2/c21-18-9-13-7-12(10-20(13)18)11-5-6-16-17(8-11)14-3-1-2-4-15(14)19(16)22/h1-6,8,10,13H,7,9H2/t13-/m1/s1. The zero-order valence-corrected chi connectivity index (χ0v) is 11.9. The minimum atomic E-state index is 0.108. The quantitative estimate of drug-likeness (QED) is 0.644. The van der Waals surface area contributed by atoms with Gasteiger partial charge in [-0.25, -0.2) is 0 Å². The highest BCUT2D eigenvalue weighted by Gasteiger charge is 2.40. The van der Waals surface area contributed by atoms with Crippen LogP contribution in [0.2, 0.25) is 0 Å². The van der Waals surface area contributed by atoms with Gasteiger partial charge in [-0.1, -0.05) is 30.3 Å². The van der Waals surface area contributed by atoms with Crippen LogP contribution in [0.5, 0.6) is 0 Å². The van der Waals surface area contributed by atoms with Crippen molar-refractivity contribution in [3.05, 3.63) is 65.4 Å². The Bertz CT molecular complexity index is 894. The first-order valence-electron chi connectivity index (χ1n) is 7.53. The number of hydrogen-bond donors (Lipinski definition) is 0. The molecule has 3 aliphatic rings. The Morgan fingerprint density at radius 3 is 2.41 bits per heavy atom. The highest BCUT2D eigenvalue weighted by Crippen LogP contribution is 2.41. The molecule has 1 aliphatic carbocycles. The van der Waals surface area contributed by atoms with Crippen molar-refractivity contribution in [3.8, 4) is 11.1 Å². The Morgan fingerprint density at radius 2 is 1.64 bits per heavy atom. The Kier molecular flexibility index (Phi) is 2.14. The van der Waals surface area contributed by atoms with Crippen LogP contribution in [-0.2, 0) is 4.79 Å². The van der Waals surface area contributed by atoms with Crippen molar-refractivity contribution in [3.63, 3.8) is 0 Å². The summed E-state index contributed by atoms with van der Waals surface area (Å²) >= 11 is 0. The van der Waals surface area contributed by atoms with Crippen molar-refractivity contribution in [1.29, 1.82) is 0 Å². The fourth-order valence-electron chi connectivity index (χ4n) is 3.74. The van der Waals surface area contributed by atoms with E-state index in [4.69, 9.17) is 0 Å². The molecule has 2 heterocycles. The molecular formula is C19H13NO2. The van der Waals surface area contributed by atoms with Gasteiger partial charge < -0.3 is 4.90 Å². The minimum Gasteiger partial charge on any atom is -0.315 e. The van der Waals surface area contributed by atoms with E-state index in [2.05, 4.69) is 6.07 Å². The van der Waals surface area contributed by atoms with Gasteiger partial charge in [-0.2, -0.15) is 0 Å². The van der Waals surface area contributed by atoms with Gasteiger partial charge in [0.25, 0.3) is 0 Å². The summed E-state index contributed by atoms with van der Waals surface area (Å²) in [4.78, 5) is 25.8. The van der Waals surface area contributed by atoms with Crippen LogP contribution >= 0.6 is 0 Å². The Labute approximate surface area is 127 Å². The van der Waals surface area contributed by atoms with Gasteiger partial charge in [0.1, 0.15) is 0 Å². The molecule has 2 aliphatic heterocycles. The van der Waals surface area contributed by atoms with Crippen LogP contribution in [0, 0.1) is 0 Å². The Hall–Kier alpha value is -2.68. The maximum atomic E-state index is 12.4. The maximum Gasteiger partial charge on any atom is 0.228 e. The van der Waals surface area contributed by atoms with E-state index >= 15 is 0 Å². The van der Waals surface area contributed by atoms with Crippen LogP contribution in [0.15, 0.2) is 48.7 Å². The zero-order valence-electron chi connectivity index (χ0n) is 11.9. The second-order valence-corrected chi connectivity index (χ2v) is 6.15. The lowest BCUT2D eigenvalue weighted by atomic mass is 9.95. The lowest BCUT2D eigenvalue weighted by Crippen LogP contribution is -2.45. The molecule has 2 aromatic carbocycles. The van der Waals surface area contributed by atoms with E-state index in [1.54, 1.807) is 0 Å². The average molecular weight is 287 g/mol. The first-order chi connectivity index (χ1) is 10.7. The van der Waals surface area contributed by atoms with E-state index < -0.39 is 0 Å². The third kappa shape index (κ3) is 1.40. The molecule has 3 nitrogen and oxygen atoms in total. The number of nitrogens with zero attached hydrogens (tertiary/aromatic N) is 1. The van der Waals surface area contributed by atoms with Gasteiger partial charge >= 0.3 is 0 Å². The first kappa shape index (κ1) is 11.9. The predicted molar refractivity (Wildman–Crippen MR) is 83.2 cm³/mol. The summed E-state index contributed by atoms with van der Waals surface area (Å²) in [5, 5.41) is 0. The number of carbonyl (C=O) groups is 2. The molecule has 1 atom stereocenters. The topological polar surface area (TPSA) is 37.4 Å². The van der Waals surface area contributed by atoms with Gasteiger partial charge in [-0.15, -0.1) is 0 Å². The van der Waals surface area contributed by atoms with Gasteiger partial charge in [0.15, 0.2) is 5.78 Å². The molecule has 106 valence electrons. The van der Waals surface area contributed by atoms with Crippen molar-refractivity contribution in [1.82, 2.24) is 4.90 Å². The fraction of sp³-hybridized carbons (Fsp3) is 0.158. The van der Waals surface area contributed by atoms with Crippen molar-refractivity contribution in [2.75, 3.05) is 0 Å². The third-order valence-corrected chi connectivity index (χ3v) is 4.94. The normalized spacial score (nSPS) is 21.2. The van der Waals surface area contributed by atoms with Crippen LogP contribution < -0.4 is 0 Å². The van der Waals surface area contributed by atoms with Gasteiger partial charge in [-0.05, 0) is 40.8 Å². The van der Waals surface area contributed by atoms with Gasteiger partial charge in [0, 0.05) is 29.8 Å². The molecule has 0 radical (unpaired) electrons. The van der Waals surface area contributed by atoms with Crippen molar-refractivity contribution >= 4 is 17.3 Å².